The second kappa shape index (κ2) is 6.38. The fourth-order valence-corrected chi connectivity index (χ4v) is 2.83. The molecular weight excluding hydrogens is 337 g/mol. The number of nitrogens with zero attached hydrogens (tertiary/aromatic N) is 2. The lowest BCUT2D eigenvalue weighted by Gasteiger charge is -2.04. The minimum Gasteiger partial charge on any atom is -0.477 e. The zero-order valence-corrected chi connectivity index (χ0v) is 13.0. The van der Waals surface area contributed by atoms with Crippen LogP contribution >= 0.6 is 34.5 Å². The van der Waals surface area contributed by atoms with Crippen LogP contribution in [0.2, 0.25) is 10.3 Å². The molecule has 0 aliphatic rings. The highest BCUT2D eigenvalue weighted by atomic mass is 35.5. The fraction of sp³-hybridized carbons (Fsp3) is 0.167. The number of hydrogen-bond acceptors (Lipinski definition) is 5. The molecule has 2 aromatic rings. The van der Waals surface area contributed by atoms with Crippen LogP contribution in [0.5, 0.6) is 0 Å². The first-order valence-electron chi connectivity index (χ1n) is 5.68. The lowest BCUT2D eigenvalue weighted by Crippen LogP contribution is -2.23. The maximum Gasteiger partial charge on any atom is 0.347 e. The molecule has 1 amide bonds. The quantitative estimate of drug-likeness (QED) is 0.831. The number of carboxylic acids is 1. The van der Waals surface area contributed by atoms with Gasteiger partial charge in [0.05, 0.1) is 17.8 Å². The highest BCUT2D eigenvalue weighted by molar-refractivity contribution is 7.13. The number of nitrogens with one attached hydrogen (secondary N) is 1. The molecule has 0 aliphatic carbocycles. The molecule has 2 aromatic heterocycles. The van der Waals surface area contributed by atoms with Crippen LogP contribution in [0.15, 0.2) is 12.1 Å². The Morgan fingerprint density at radius 1 is 1.33 bits per heavy atom. The van der Waals surface area contributed by atoms with Crippen molar-refractivity contribution < 1.29 is 14.7 Å². The van der Waals surface area contributed by atoms with Gasteiger partial charge in [-0.3, -0.25) is 4.79 Å². The van der Waals surface area contributed by atoms with E-state index in [1.807, 2.05) is 0 Å². The molecule has 21 heavy (non-hydrogen) atoms. The van der Waals surface area contributed by atoms with Gasteiger partial charge in [0.25, 0.3) is 5.91 Å². The topological polar surface area (TPSA) is 92.2 Å². The van der Waals surface area contributed by atoms with Gasteiger partial charge in [-0.1, -0.05) is 23.2 Å². The van der Waals surface area contributed by atoms with E-state index in [0.717, 1.165) is 11.3 Å². The van der Waals surface area contributed by atoms with Crippen molar-refractivity contribution in [3.05, 3.63) is 43.6 Å². The largest absolute Gasteiger partial charge is 0.477 e. The van der Waals surface area contributed by atoms with Gasteiger partial charge in [0.2, 0.25) is 0 Å². The number of carboxylic acid groups (broad SMARTS) is 1. The number of hydrogen-bond donors (Lipinski definition) is 2. The number of aromatic nitrogens is 2. The smallest absolute Gasteiger partial charge is 0.347 e. The number of pyridine rings is 1. The fourth-order valence-electron chi connectivity index (χ4n) is 1.56. The summed E-state index contributed by atoms with van der Waals surface area (Å²) in [5.74, 6) is -1.47. The maximum atomic E-state index is 12.0. The summed E-state index contributed by atoms with van der Waals surface area (Å²) in [4.78, 5) is 30.9. The lowest BCUT2D eigenvalue weighted by atomic mass is 10.2. The lowest BCUT2D eigenvalue weighted by molar-refractivity contribution is 0.0701. The summed E-state index contributed by atoms with van der Waals surface area (Å²) in [6.07, 6.45) is 0. The molecule has 9 heteroatoms. The van der Waals surface area contributed by atoms with Gasteiger partial charge in [-0.15, -0.1) is 11.3 Å². The average Bonchev–Trinajstić information content (AvgIpc) is 2.77. The van der Waals surface area contributed by atoms with Crippen LogP contribution in [0.3, 0.4) is 0 Å². The van der Waals surface area contributed by atoms with E-state index in [0.29, 0.717) is 10.7 Å². The third-order valence-corrected chi connectivity index (χ3v) is 4.14. The number of carbonyl (C=O) groups excluding carboxylic acids is 1. The summed E-state index contributed by atoms with van der Waals surface area (Å²) in [5, 5.41) is 12.2. The van der Waals surface area contributed by atoms with Crippen LogP contribution in [0.1, 0.15) is 30.7 Å². The number of thiazole rings is 1. The SMILES string of the molecule is Cc1nc(CNC(=O)c2ccc(Cl)nc2Cl)sc1C(=O)O. The first-order valence-corrected chi connectivity index (χ1v) is 7.25. The Bertz CT molecular complexity index is 718. The third kappa shape index (κ3) is 3.69. The minimum absolute atomic E-state index is 0.00143. The second-order valence-electron chi connectivity index (χ2n) is 3.98. The van der Waals surface area contributed by atoms with Gasteiger partial charge in [0.15, 0.2) is 0 Å². The van der Waals surface area contributed by atoms with Crippen molar-refractivity contribution in [2.75, 3.05) is 0 Å². The second-order valence-corrected chi connectivity index (χ2v) is 5.81. The Labute approximate surface area is 133 Å². The summed E-state index contributed by atoms with van der Waals surface area (Å²) in [7, 11) is 0. The van der Waals surface area contributed by atoms with Crippen molar-refractivity contribution in [3.8, 4) is 0 Å². The first kappa shape index (κ1) is 15.7. The van der Waals surface area contributed by atoms with Crippen molar-refractivity contribution >= 4 is 46.4 Å². The van der Waals surface area contributed by atoms with Crippen LogP contribution in [-0.2, 0) is 6.54 Å². The molecule has 6 nitrogen and oxygen atoms in total. The number of halogens is 2. The van der Waals surface area contributed by atoms with Gasteiger partial charge in [-0.25, -0.2) is 14.8 Å². The number of aromatic carboxylic acids is 1. The monoisotopic (exact) mass is 345 g/mol. The van der Waals surface area contributed by atoms with Crippen molar-refractivity contribution in [3.63, 3.8) is 0 Å². The van der Waals surface area contributed by atoms with Crippen LogP contribution in [0.4, 0.5) is 0 Å². The van der Waals surface area contributed by atoms with E-state index in [1.165, 1.54) is 12.1 Å². The Morgan fingerprint density at radius 2 is 2.05 bits per heavy atom. The summed E-state index contributed by atoms with van der Waals surface area (Å²) >= 11 is 12.5. The predicted molar refractivity (Wildman–Crippen MR) is 79.2 cm³/mol. The third-order valence-electron chi connectivity index (χ3n) is 2.49. The number of aryl methyl sites for hydroxylation is 1. The van der Waals surface area contributed by atoms with Gasteiger partial charge in [-0.2, -0.15) is 0 Å². The van der Waals surface area contributed by atoms with Gasteiger partial charge < -0.3 is 10.4 Å². The molecule has 2 N–H and O–H groups in total. The zero-order chi connectivity index (χ0) is 15.6. The molecule has 2 rings (SSSR count). The molecule has 0 aromatic carbocycles. The van der Waals surface area contributed by atoms with E-state index in [2.05, 4.69) is 15.3 Å². The first-order chi connectivity index (χ1) is 9.88. The van der Waals surface area contributed by atoms with Crippen molar-refractivity contribution in [1.29, 1.82) is 0 Å². The average molecular weight is 346 g/mol. The van der Waals surface area contributed by atoms with Gasteiger partial charge in [-0.05, 0) is 19.1 Å². The number of amides is 1. The number of carbonyl (C=O) groups is 2. The van der Waals surface area contributed by atoms with Gasteiger partial charge >= 0.3 is 5.97 Å². The molecule has 2 heterocycles. The van der Waals surface area contributed by atoms with E-state index < -0.39 is 11.9 Å². The Hall–Kier alpha value is -1.70. The molecule has 110 valence electrons. The molecule has 0 atom stereocenters. The molecule has 0 saturated carbocycles. The predicted octanol–water partition coefficient (Wildman–Crippen LogP) is 2.78. The van der Waals surface area contributed by atoms with Crippen LogP contribution in [-0.4, -0.2) is 27.0 Å². The molecule has 0 radical (unpaired) electrons. The van der Waals surface area contributed by atoms with E-state index >= 15 is 0 Å². The van der Waals surface area contributed by atoms with Crippen LogP contribution < -0.4 is 5.32 Å². The van der Waals surface area contributed by atoms with E-state index in [9.17, 15) is 9.59 Å². The Morgan fingerprint density at radius 3 is 2.62 bits per heavy atom. The Balaban J connectivity index is 2.07. The highest BCUT2D eigenvalue weighted by Gasteiger charge is 2.16. The maximum absolute atomic E-state index is 12.0. The molecule has 0 spiro atoms. The molecule has 0 aliphatic heterocycles. The van der Waals surface area contributed by atoms with E-state index in [4.69, 9.17) is 28.3 Å². The molecule has 0 bridgehead atoms. The summed E-state index contributed by atoms with van der Waals surface area (Å²) in [6.45, 7) is 1.71. The highest BCUT2D eigenvalue weighted by Crippen LogP contribution is 2.19. The van der Waals surface area contributed by atoms with Crippen molar-refractivity contribution in [1.82, 2.24) is 15.3 Å². The van der Waals surface area contributed by atoms with Crippen LogP contribution in [0.25, 0.3) is 0 Å². The molecule has 0 fully saturated rings. The van der Waals surface area contributed by atoms with E-state index in [-0.39, 0.29) is 27.3 Å². The minimum atomic E-state index is -1.03. The summed E-state index contributed by atoms with van der Waals surface area (Å²) in [5.41, 5.74) is 0.607. The summed E-state index contributed by atoms with van der Waals surface area (Å²) < 4.78 is 0. The van der Waals surface area contributed by atoms with Gasteiger partial charge in [0.1, 0.15) is 20.2 Å². The number of rotatable bonds is 4. The zero-order valence-electron chi connectivity index (χ0n) is 10.7. The molecular formula is C12H9Cl2N3O3S. The van der Waals surface area contributed by atoms with Gasteiger partial charge in [0, 0.05) is 0 Å². The summed E-state index contributed by atoms with van der Waals surface area (Å²) in [6, 6.07) is 2.92. The van der Waals surface area contributed by atoms with Crippen molar-refractivity contribution in [2.24, 2.45) is 0 Å². The molecule has 0 saturated heterocycles. The Kier molecular flexibility index (Phi) is 4.76. The normalized spacial score (nSPS) is 10.4. The van der Waals surface area contributed by atoms with E-state index in [1.54, 1.807) is 6.92 Å². The standard InChI is InChI=1S/C12H9Cl2N3O3S/c1-5-9(12(19)20)21-8(16-5)4-15-11(18)6-2-3-7(13)17-10(6)14/h2-3H,4H2,1H3,(H,15,18)(H,19,20). The van der Waals surface area contributed by atoms with Crippen molar-refractivity contribution in [2.45, 2.75) is 13.5 Å². The molecule has 0 unspecified atom stereocenters. The van der Waals surface area contributed by atoms with Crippen LogP contribution in [0, 0.1) is 6.92 Å².